The Morgan fingerprint density at radius 1 is 1.77 bits per heavy atom. The molecule has 1 aliphatic heterocycles. The third kappa shape index (κ3) is 1.06. The molecule has 72 valence electrons. The molecule has 13 heavy (non-hydrogen) atoms. The van der Waals surface area contributed by atoms with Gasteiger partial charge in [-0.05, 0) is 26.8 Å². The molecule has 0 aromatic heterocycles. The molecule has 0 saturated heterocycles. The van der Waals surface area contributed by atoms with Crippen molar-refractivity contribution in [1.29, 1.82) is 0 Å². The van der Waals surface area contributed by atoms with Gasteiger partial charge in [0.2, 0.25) is 0 Å². The summed E-state index contributed by atoms with van der Waals surface area (Å²) in [6, 6.07) is 0. The van der Waals surface area contributed by atoms with Crippen molar-refractivity contribution in [1.82, 2.24) is 0 Å². The van der Waals surface area contributed by atoms with Crippen molar-refractivity contribution in [3.8, 4) is 0 Å². The summed E-state index contributed by atoms with van der Waals surface area (Å²) >= 11 is 0. The molecule has 0 spiro atoms. The zero-order valence-electron chi connectivity index (χ0n) is 8.16. The third-order valence-corrected chi connectivity index (χ3v) is 2.87. The number of carbonyl (C=O) groups excluding carboxylic acids is 1. The highest BCUT2D eigenvalue weighted by Crippen LogP contribution is 2.59. The van der Waals surface area contributed by atoms with Crippen molar-refractivity contribution in [3.63, 3.8) is 0 Å². The molecule has 1 aliphatic carbocycles. The van der Waals surface area contributed by atoms with E-state index < -0.39 is 0 Å². The van der Waals surface area contributed by atoms with E-state index in [-0.39, 0.29) is 23.4 Å². The predicted molar refractivity (Wildman–Crippen MR) is 46.9 cm³/mol. The normalized spacial score (nSPS) is 40.4. The molecule has 0 radical (unpaired) electrons. The molecule has 2 rings (SSSR count). The number of fused-ring (bicyclic) bond motifs is 1. The van der Waals surface area contributed by atoms with Crippen LogP contribution in [-0.2, 0) is 14.3 Å². The van der Waals surface area contributed by atoms with E-state index >= 15 is 0 Å². The maximum absolute atomic E-state index is 11.4. The summed E-state index contributed by atoms with van der Waals surface area (Å²) in [4.78, 5) is 11.4. The van der Waals surface area contributed by atoms with E-state index in [0.717, 1.165) is 5.76 Å². The Balaban J connectivity index is 2.04. The van der Waals surface area contributed by atoms with Crippen LogP contribution in [0.4, 0.5) is 0 Å². The Labute approximate surface area is 77.7 Å². The van der Waals surface area contributed by atoms with Gasteiger partial charge in [-0.3, -0.25) is 4.79 Å². The lowest BCUT2D eigenvalue weighted by Gasteiger charge is -2.11. The van der Waals surface area contributed by atoms with Gasteiger partial charge in [0, 0.05) is 5.92 Å². The van der Waals surface area contributed by atoms with E-state index in [2.05, 4.69) is 0 Å². The van der Waals surface area contributed by atoms with Crippen LogP contribution in [-0.4, -0.2) is 18.2 Å². The first kappa shape index (κ1) is 8.60. The van der Waals surface area contributed by atoms with Crippen LogP contribution in [0.5, 0.6) is 0 Å². The van der Waals surface area contributed by atoms with Crippen LogP contribution in [0.25, 0.3) is 0 Å². The van der Waals surface area contributed by atoms with Gasteiger partial charge < -0.3 is 9.47 Å². The quantitative estimate of drug-likeness (QED) is 0.607. The highest BCUT2D eigenvalue weighted by molar-refractivity contribution is 5.79. The smallest absolute Gasteiger partial charge is 0.313 e. The molecule has 0 aromatic carbocycles. The van der Waals surface area contributed by atoms with E-state index in [1.54, 1.807) is 0 Å². The second kappa shape index (κ2) is 2.50. The zero-order chi connectivity index (χ0) is 9.64. The van der Waals surface area contributed by atoms with Gasteiger partial charge in [-0.15, -0.1) is 0 Å². The molecule has 3 heteroatoms. The molecule has 3 nitrogen and oxygen atoms in total. The number of allylic oxidation sites excluding steroid dienone is 1. The Kier molecular flexibility index (Phi) is 1.65. The minimum atomic E-state index is -0.295. The molecule has 1 heterocycles. The lowest BCUT2D eigenvalue weighted by Crippen LogP contribution is -2.17. The average Bonchev–Trinajstić information content (AvgIpc) is 2.43. The van der Waals surface area contributed by atoms with Crippen molar-refractivity contribution >= 4 is 5.97 Å². The summed E-state index contributed by atoms with van der Waals surface area (Å²) < 4.78 is 10.5. The van der Waals surface area contributed by atoms with Crippen molar-refractivity contribution in [2.24, 2.45) is 11.8 Å². The molecular weight excluding hydrogens is 168 g/mol. The minimum absolute atomic E-state index is 0.0730. The second-order valence-electron chi connectivity index (χ2n) is 3.82. The van der Waals surface area contributed by atoms with Crippen LogP contribution in [0.2, 0.25) is 0 Å². The maximum Gasteiger partial charge on any atom is 0.313 e. The Bertz CT molecular complexity index is 282. The fraction of sp³-hybridized carbons (Fsp3) is 0.700. The fourth-order valence-electron chi connectivity index (χ4n) is 2.16. The van der Waals surface area contributed by atoms with Gasteiger partial charge in [0.05, 0.1) is 12.4 Å². The highest BCUT2D eigenvalue weighted by Gasteiger charge is 2.70. The van der Waals surface area contributed by atoms with E-state index in [0.29, 0.717) is 6.61 Å². The van der Waals surface area contributed by atoms with Crippen molar-refractivity contribution < 1.29 is 14.3 Å². The number of hydrogen-bond donors (Lipinski definition) is 0. The number of rotatable bonds is 2. The molecule has 1 fully saturated rings. The van der Waals surface area contributed by atoms with Gasteiger partial charge >= 0.3 is 5.97 Å². The summed E-state index contributed by atoms with van der Waals surface area (Å²) in [6.07, 6.45) is 2.02. The first-order valence-electron chi connectivity index (χ1n) is 4.63. The second-order valence-corrected chi connectivity index (χ2v) is 3.82. The summed E-state index contributed by atoms with van der Waals surface area (Å²) in [5.74, 6) is 0.967. The lowest BCUT2D eigenvalue weighted by atomic mass is 10.3. The third-order valence-electron chi connectivity index (χ3n) is 2.87. The Morgan fingerprint density at radius 2 is 2.46 bits per heavy atom. The van der Waals surface area contributed by atoms with E-state index in [1.165, 1.54) is 0 Å². The number of esters is 1. The van der Waals surface area contributed by atoms with Gasteiger partial charge in [-0.1, -0.05) is 0 Å². The molecule has 3 atom stereocenters. The van der Waals surface area contributed by atoms with E-state index in [4.69, 9.17) is 9.47 Å². The van der Waals surface area contributed by atoms with Crippen LogP contribution >= 0.6 is 0 Å². The van der Waals surface area contributed by atoms with Crippen LogP contribution in [0, 0.1) is 11.8 Å². The fourth-order valence-corrected chi connectivity index (χ4v) is 2.16. The topological polar surface area (TPSA) is 35.5 Å². The summed E-state index contributed by atoms with van der Waals surface area (Å²) in [5, 5.41) is 0. The standard InChI is InChI=1S/C10H14O3/c1-4-12-9(11)8-7-5-6(2)13-10(7,8)3/h5,7-8H,4H2,1-3H3/t7?,8-,10+/m1/s1. The van der Waals surface area contributed by atoms with Crippen LogP contribution in [0.15, 0.2) is 11.8 Å². The molecule has 0 N–H and O–H groups in total. The minimum Gasteiger partial charge on any atom is -0.491 e. The van der Waals surface area contributed by atoms with Gasteiger partial charge in [-0.2, -0.15) is 0 Å². The van der Waals surface area contributed by atoms with Gasteiger partial charge in [-0.25, -0.2) is 0 Å². The monoisotopic (exact) mass is 182 g/mol. The zero-order valence-corrected chi connectivity index (χ0v) is 8.16. The predicted octanol–water partition coefficient (Wildman–Crippen LogP) is 1.49. The van der Waals surface area contributed by atoms with Crippen molar-refractivity contribution in [2.75, 3.05) is 6.61 Å². The Morgan fingerprint density at radius 3 is 2.92 bits per heavy atom. The average molecular weight is 182 g/mol. The van der Waals surface area contributed by atoms with Crippen molar-refractivity contribution in [2.45, 2.75) is 26.4 Å². The number of carbonyl (C=O) groups is 1. The molecule has 2 aliphatic rings. The molecule has 1 unspecified atom stereocenters. The first-order chi connectivity index (χ1) is 6.09. The van der Waals surface area contributed by atoms with Crippen molar-refractivity contribution in [3.05, 3.63) is 11.8 Å². The lowest BCUT2D eigenvalue weighted by molar-refractivity contribution is -0.146. The van der Waals surface area contributed by atoms with Crippen LogP contribution in [0.1, 0.15) is 20.8 Å². The molecule has 1 saturated carbocycles. The Hall–Kier alpha value is -0.990. The molecule has 0 amide bonds. The SMILES string of the molecule is CCOC(=O)[C@H]1C2C=C(C)O[C@@]21C. The molecule has 0 aromatic rings. The molecule has 0 bridgehead atoms. The largest absolute Gasteiger partial charge is 0.491 e. The van der Waals surface area contributed by atoms with E-state index in [9.17, 15) is 4.79 Å². The highest BCUT2D eigenvalue weighted by atomic mass is 16.5. The molecular formula is C10H14O3. The van der Waals surface area contributed by atoms with Gasteiger partial charge in [0.15, 0.2) is 0 Å². The van der Waals surface area contributed by atoms with Crippen LogP contribution < -0.4 is 0 Å². The van der Waals surface area contributed by atoms with Gasteiger partial charge in [0.25, 0.3) is 0 Å². The maximum atomic E-state index is 11.4. The summed E-state index contributed by atoms with van der Waals surface area (Å²) in [6.45, 7) is 6.15. The summed E-state index contributed by atoms with van der Waals surface area (Å²) in [5.41, 5.74) is -0.295. The summed E-state index contributed by atoms with van der Waals surface area (Å²) in [7, 11) is 0. The van der Waals surface area contributed by atoms with E-state index in [1.807, 2.05) is 26.8 Å². The van der Waals surface area contributed by atoms with Gasteiger partial charge in [0.1, 0.15) is 11.5 Å². The number of ether oxygens (including phenoxy) is 2. The first-order valence-corrected chi connectivity index (χ1v) is 4.63. The van der Waals surface area contributed by atoms with Crippen LogP contribution in [0.3, 0.4) is 0 Å². The number of hydrogen-bond acceptors (Lipinski definition) is 3.